The molecule has 1 saturated heterocycles. The first-order chi connectivity index (χ1) is 18.5. The minimum atomic E-state index is -0.508. The van der Waals surface area contributed by atoms with E-state index in [2.05, 4.69) is 46.8 Å². The van der Waals surface area contributed by atoms with E-state index >= 15 is 0 Å². The summed E-state index contributed by atoms with van der Waals surface area (Å²) in [5.41, 5.74) is 1.08. The Hall–Kier alpha value is -2.24. The number of rotatable bonds is 4. The molecule has 5 aliphatic rings. The van der Waals surface area contributed by atoms with Gasteiger partial charge in [-0.15, -0.1) is 0 Å². The number of ketones is 1. The van der Waals surface area contributed by atoms with Gasteiger partial charge in [0.15, 0.2) is 12.1 Å². The number of carbonyl (C=O) groups is 2. The van der Waals surface area contributed by atoms with Gasteiger partial charge in [0.1, 0.15) is 6.10 Å². The number of allylic oxidation sites excluding steroid dienone is 3. The summed E-state index contributed by atoms with van der Waals surface area (Å²) in [7, 11) is 1.73. The Balaban J connectivity index is 1.42. The van der Waals surface area contributed by atoms with Crippen molar-refractivity contribution < 1.29 is 23.8 Å². The highest BCUT2D eigenvalue weighted by Gasteiger charge is 2.69. The smallest absolute Gasteiger partial charge is 0.338 e. The van der Waals surface area contributed by atoms with Gasteiger partial charge in [-0.1, -0.05) is 70.5 Å². The highest BCUT2D eigenvalue weighted by Crippen LogP contribution is 2.72. The molecule has 5 nitrogen and oxygen atoms in total. The first-order valence-corrected chi connectivity index (χ1v) is 14.8. The number of fused-ring (bicyclic) bond motifs is 5. The molecule has 2 saturated carbocycles. The molecule has 0 bridgehead atoms. The molecule has 1 aromatic carbocycles. The minimum Gasteiger partial charge on any atom is -0.458 e. The molecule has 39 heavy (non-hydrogen) atoms. The third-order valence-electron chi connectivity index (χ3n) is 12.1. The third kappa shape index (κ3) is 3.79. The molecule has 1 heterocycles. The molecule has 1 aromatic rings. The van der Waals surface area contributed by atoms with Gasteiger partial charge >= 0.3 is 5.97 Å². The molecule has 4 aliphatic carbocycles. The van der Waals surface area contributed by atoms with Crippen LogP contribution in [0.15, 0.2) is 54.1 Å². The lowest BCUT2D eigenvalue weighted by molar-refractivity contribution is -0.166. The van der Waals surface area contributed by atoms with E-state index in [9.17, 15) is 9.59 Å². The fraction of sp³-hybridized carbons (Fsp3) is 0.647. The van der Waals surface area contributed by atoms with Crippen LogP contribution in [0.3, 0.4) is 0 Å². The van der Waals surface area contributed by atoms with Crippen molar-refractivity contribution in [2.24, 2.45) is 45.3 Å². The normalized spacial score (nSPS) is 44.3. The van der Waals surface area contributed by atoms with Crippen molar-refractivity contribution in [1.29, 1.82) is 0 Å². The van der Waals surface area contributed by atoms with Crippen LogP contribution in [0.25, 0.3) is 0 Å². The van der Waals surface area contributed by atoms with Gasteiger partial charge in [-0.05, 0) is 78.4 Å². The lowest BCUT2D eigenvalue weighted by Crippen LogP contribution is -2.64. The van der Waals surface area contributed by atoms with E-state index in [4.69, 9.17) is 14.2 Å². The molecular weight excluding hydrogens is 488 g/mol. The molecule has 6 rings (SSSR count). The maximum absolute atomic E-state index is 13.6. The van der Waals surface area contributed by atoms with Crippen molar-refractivity contribution in [2.75, 3.05) is 13.7 Å². The number of ether oxygens (including phenoxy) is 3. The lowest BCUT2D eigenvalue weighted by Gasteiger charge is -2.66. The van der Waals surface area contributed by atoms with Gasteiger partial charge in [-0.3, -0.25) is 4.79 Å². The predicted octanol–water partition coefficient (Wildman–Crippen LogP) is 6.78. The van der Waals surface area contributed by atoms with Crippen LogP contribution < -0.4 is 0 Å². The Kier molecular flexibility index (Phi) is 6.32. The van der Waals surface area contributed by atoms with Gasteiger partial charge in [0.2, 0.25) is 0 Å². The molecule has 0 N–H and O–H groups in total. The largest absolute Gasteiger partial charge is 0.458 e. The highest BCUT2D eigenvalue weighted by atomic mass is 16.7. The van der Waals surface area contributed by atoms with E-state index in [1.165, 1.54) is 5.57 Å². The van der Waals surface area contributed by atoms with Gasteiger partial charge < -0.3 is 14.2 Å². The van der Waals surface area contributed by atoms with E-state index < -0.39 is 5.41 Å². The molecule has 3 fully saturated rings. The molecule has 9 atom stereocenters. The van der Waals surface area contributed by atoms with Crippen LogP contribution in [0.4, 0.5) is 0 Å². The van der Waals surface area contributed by atoms with Crippen LogP contribution in [0.2, 0.25) is 0 Å². The summed E-state index contributed by atoms with van der Waals surface area (Å²) < 4.78 is 18.1. The quantitative estimate of drug-likeness (QED) is 0.316. The zero-order valence-corrected chi connectivity index (χ0v) is 24.4. The molecule has 5 heteroatoms. The van der Waals surface area contributed by atoms with Crippen molar-refractivity contribution >= 4 is 11.8 Å². The van der Waals surface area contributed by atoms with Crippen LogP contribution >= 0.6 is 0 Å². The van der Waals surface area contributed by atoms with Gasteiger partial charge in [0, 0.05) is 24.4 Å². The summed E-state index contributed by atoms with van der Waals surface area (Å²) in [5.74, 6) is 1.22. The summed E-state index contributed by atoms with van der Waals surface area (Å²) in [6, 6.07) is 9.33. The topological polar surface area (TPSA) is 61.8 Å². The van der Waals surface area contributed by atoms with Crippen LogP contribution in [0.5, 0.6) is 0 Å². The maximum Gasteiger partial charge on any atom is 0.338 e. The average molecular weight is 533 g/mol. The lowest BCUT2D eigenvalue weighted by atomic mass is 9.38. The number of benzene rings is 1. The van der Waals surface area contributed by atoms with Gasteiger partial charge in [0.05, 0.1) is 12.2 Å². The second-order valence-electron chi connectivity index (χ2n) is 14.1. The summed E-state index contributed by atoms with van der Waals surface area (Å²) in [4.78, 5) is 26.7. The van der Waals surface area contributed by atoms with Gasteiger partial charge in [-0.2, -0.15) is 0 Å². The highest BCUT2D eigenvalue weighted by molar-refractivity contribution is 5.96. The molecule has 0 spiro atoms. The monoisotopic (exact) mass is 532 g/mol. The van der Waals surface area contributed by atoms with Gasteiger partial charge in [0.25, 0.3) is 0 Å². The van der Waals surface area contributed by atoms with E-state index in [1.807, 2.05) is 36.4 Å². The van der Waals surface area contributed by atoms with Crippen LogP contribution in [0, 0.1) is 45.3 Å². The molecule has 1 aliphatic heterocycles. The Morgan fingerprint density at radius 2 is 1.77 bits per heavy atom. The Bertz CT molecular complexity index is 1220. The van der Waals surface area contributed by atoms with E-state index in [0.717, 1.165) is 32.3 Å². The second kappa shape index (κ2) is 9.14. The third-order valence-corrected chi connectivity index (χ3v) is 12.1. The van der Waals surface area contributed by atoms with Crippen LogP contribution in [-0.2, 0) is 19.0 Å². The summed E-state index contributed by atoms with van der Waals surface area (Å²) >= 11 is 0. The van der Waals surface area contributed by atoms with Crippen LogP contribution in [-0.4, -0.2) is 37.9 Å². The average Bonchev–Trinajstić information content (AvgIpc) is 3.53. The predicted molar refractivity (Wildman–Crippen MR) is 150 cm³/mol. The second-order valence-corrected chi connectivity index (χ2v) is 14.1. The maximum atomic E-state index is 13.6. The first-order valence-electron chi connectivity index (χ1n) is 14.8. The SMILES string of the molecule is COC1CC(C2CC=C3C2(C)CCC2C4(C)C=CC(=O)C(C)(C)C4CC(OC(=O)c4ccccc4)C32C)CO1. The number of hydrogen-bond donors (Lipinski definition) is 0. The van der Waals surface area contributed by atoms with Crippen molar-refractivity contribution in [3.8, 4) is 0 Å². The number of methoxy groups -OCH3 is 1. The fourth-order valence-corrected chi connectivity index (χ4v) is 10.00. The summed E-state index contributed by atoms with van der Waals surface area (Å²) in [6.45, 7) is 12.1. The number of esters is 1. The number of carbonyl (C=O) groups excluding carboxylic acids is 2. The zero-order chi connectivity index (χ0) is 27.8. The Morgan fingerprint density at radius 3 is 2.46 bits per heavy atom. The Labute approximate surface area is 233 Å². The molecule has 0 aromatic heterocycles. The van der Waals surface area contributed by atoms with E-state index in [-0.39, 0.29) is 52.2 Å². The van der Waals surface area contributed by atoms with Crippen molar-refractivity contribution in [3.63, 3.8) is 0 Å². The molecular formula is C34H44O5. The van der Waals surface area contributed by atoms with Crippen molar-refractivity contribution in [2.45, 2.75) is 79.1 Å². The first kappa shape index (κ1) is 27.0. The zero-order valence-electron chi connectivity index (χ0n) is 24.4. The molecule has 0 amide bonds. The Morgan fingerprint density at radius 1 is 1.03 bits per heavy atom. The van der Waals surface area contributed by atoms with E-state index in [1.54, 1.807) is 7.11 Å². The minimum absolute atomic E-state index is 0.0201. The molecule has 0 radical (unpaired) electrons. The van der Waals surface area contributed by atoms with Gasteiger partial charge in [-0.25, -0.2) is 4.79 Å². The standard InChI is InChI=1S/C34H44O5/c1-31(2)26-19-28(39-30(36)21-10-8-7-9-11-21)34(5)24-13-12-23(22-18-29(37-6)38-20-22)32(24,3)16-14-25(34)33(26,4)17-15-27(31)35/h7-11,13,15,17,22-23,25-26,28-29H,12,14,16,18-20H2,1-6H3. The fourth-order valence-electron chi connectivity index (χ4n) is 10.00. The van der Waals surface area contributed by atoms with Crippen molar-refractivity contribution in [3.05, 3.63) is 59.7 Å². The molecule has 9 unspecified atom stereocenters. The number of hydrogen-bond acceptors (Lipinski definition) is 5. The van der Waals surface area contributed by atoms with Crippen molar-refractivity contribution in [1.82, 2.24) is 0 Å². The molecule has 210 valence electrons. The van der Waals surface area contributed by atoms with E-state index in [0.29, 0.717) is 23.8 Å². The summed E-state index contributed by atoms with van der Waals surface area (Å²) in [5, 5.41) is 0. The summed E-state index contributed by atoms with van der Waals surface area (Å²) in [6.07, 6.45) is 10.9. The van der Waals surface area contributed by atoms with Crippen LogP contribution in [0.1, 0.15) is 77.1 Å².